The van der Waals surface area contributed by atoms with Crippen molar-refractivity contribution in [2.45, 2.75) is 18.9 Å². The highest BCUT2D eigenvalue weighted by Gasteiger charge is 2.23. The molecule has 1 aliphatic rings. The zero-order valence-electron chi connectivity index (χ0n) is 9.15. The predicted molar refractivity (Wildman–Crippen MR) is 58.6 cm³/mol. The van der Waals surface area contributed by atoms with Gasteiger partial charge in [-0.25, -0.2) is 0 Å². The summed E-state index contributed by atoms with van der Waals surface area (Å²) in [6.07, 6.45) is 7.25. The van der Waals surface area contributed by atoms with E-state index in [9.17, 15) is 4.79 Å². The van der Waals surface area contributed by atoms with Gasteiger partial charge in [-0.15, -0.1) is 6.42 Å². The van der Waals surface area contributed by atoms with E-state index < -0.39 is 5.97 Å². The van der Waals surface area contributed by atoms with E-state index >= 15 is 0 Å². The fourth-order valence-electron chi connectivity index (χ4n) is 1.97. The van der Waals surface area contributed by atoms with Crippen LogP contribution in [0.15, 0.2) is 0 Å². The number of aliphatic carboxylic acids is 1. The number of nitrogens with zero attached hydrogens (tertiary/aromatic N) is 2. The van der Waals surface area contributed by atoms with Crippen molar-refractivity contribution in [2.24, 2.45) is 0 Å². The Labute approximate surface area is 90.9 Å². The molecule has 0 amide bonds. The van der Waals surface area contributed by atoms with Gasteiger partial charge >= 0.3 is 5.97 Å². The Morgan fingerprint density at radius 3 is 2.67 bits per heavy atom. The zero-order valence-corrected chi connectivity index (χ0v) is 9.15. The Kier molecular flexibility index (Phi) is 4.60. The third-order valence-corrected chi connectivity index (χ3v) is 2.84. The van der Waals surface area contributed by atoms with Gasteiger partial charge in [0.15, 0.2) is 0 Å². The number of hydrogen-bond donors (Lipinski definition) is 1. The third-order valence-electron chi connectivity index (χ3n) is 2.84. The van der Waals surface area contributed by atoms with Crippen LogP contribution in [0.2, 0.25) is 0 Å². The number of terminal acetylenes is 1. The van der Waals surface area contributed by atoms with Crippen LogP contribution < -0.4 is 0 Å². The van der Waals surface area contributed by atoms with Crippen LogP contribution in [0.4, 0.5) is 0 Å². The van der Waals surface area contributed by atoms with Gasteiger partial charge < -0.3 is 10.0 Å². The first-order valence-electron chi connectivity index (χ1n) is 5.21. The molecule has 4 heteroatoms. The zero-order chi connectivity index (χ0) is 11.3. The summed E-state index contributed by atoms with van der Waals surface area (Å²) in [5.74, 6) is 1.73. The first-order valence-corrected chi connectivity index (χ1v) is 5.21. The molecule has 1 fully saturated rings. The minimum Gasteiger partial charge on any atom is -0.480 e. The van der Waals surface area contributed by atoms with E-state index in [1.165, 1.54) is 0 Å². The molecule has 0 bridgehead atoms. The molecule has 0 spiro atoms. The van der Waals surface area contributed by atoms with Gasteiger partial charge in [0.05, 0.1) is 13.1 Å². The molecule has 0 aliphatic carbocycles. The van der Waals surface area contributed by atoms with Crippen molar-refractivity contribution in [2.75, 3.05) is 33.2 Å². The topological polar surface area (TPSA) is 43.8 Å². The summed E-state index contributed by atoms with van der Waals surface area (Å²) >= 11 is 0. The monoisotopic (exact) mass is 210 g/mol. The SMILES string of the molecule is C#CCN(CC(=O)O)C1CCN(C)CC1. The molecular weight excluding hydrogens is 192 g/mol. The first-order chi connectivity index (χ1) is 7.13. The van der Waals surface area contributed by atoms with Gasteiger partial charge in [0, 0.05) is 6.04 Å². The first kappa shape index (κ1) is 12.0. The van der Waals surface area contributed by atoms with Crippen LogP contribution in [-0.2, 0) is 4.79 Å². The fraction of sp³-hybridized carbons (Fsp3) is 0.727. The lowest BCUT2D eigenvalue weighted by atomic mass is 10.0. The van der Waals surface area contributed by atoms with Gasteiger partial charge in [-0.2, -0.15) is 0 Å². The van der Waals surface area contributed by atoms with E-state index in [-0.39, 0.29) is 6.54 Å². The van der Waals surface area contributed by atoms with Crippen molar-refractivity contribution in [3.63, 3.8) is 0 Å². The summed E-state index contributed by atoms with van der Waals surface area (Å²) < 4.78 is 0. The number of piperidine rings is 1. The molecule has 0 aromatic rings. The molecule has 84 valence electrons. The van der Waals surface area contributed by atoms with Gasteiger partial charge in [0.2, 0.25) is 0 Å². The minimum atomic E-state index is -0.802. The highest BCUT2D eigenvalue weighted by atomic mass is 16.4. The van der Waals surface area contributed by atoms with Crippen LogP contribution in [0.1, 0.15) is 12.8 Å². The van der Waals surface area contributed by atoms with Crippen LogP contribution in [0, 0.1) is 12.3 Å². The van der Waals surface area contributed by atoms with Crippen LogP contribution in [0.3, 0.4) is 0 Å². The van der Waals surface area contributed by atoms with Crippen molar-refractivity contribution in [1.82, 2.24) is 9.80 Å². The molecule has 1 saturated heterocycles. The lowest BCUT2D eigenvalue weighted by Gasteiger charge is -2.35. The van der Waals surface area contributed by atoms with Gasteiger partial charge in [-0.3, -0.25) is 9.69 Å². The Morgan fingerprint density at radius 2 is 2.20 bits per heavy atom. The van der Waals surface area contributed by atoms with Crippen molar-refractivity contribution in [3.05, 3.63) is 0 Å². The van der Waals surface area contributed by atoms with E-state index in [0.717, 1.165) is 25.9 Å². The number of hydrogen-bond acceptors (Lipinski definition) is 3. The maximum atomic E-state index is 10.7. The molecule has 0 aromatic carbocycles. The Balaban J connectivity index is 2.48. The van der Waals surface area contributed by atoms with E-state index in [1.54, 1.807) is 0 Å². The molecule has 0 radical (unpaired) electrons. The third kappa shape index (κ3) is 3.90. The molecule has 15 heavy (non-hydrogen) atoms. The van der Waals surface area contributed by atoms with Gasteiger partial charge in [-0.05, 0) is 33.0 Å². The molecule has 0 aromatic heterocycles. The summed E-state index contributed by atoms with van der Waals surface area (Å²) in [6.45, 7) is 2.52. The molecule has 1 heterocycles. The number of carbonyl (C=O) groups is 1. The molecular formula is C11H18N2O2. The number of carboxylic acids is 1. The summed E-state index contributed by atoms with van der Waals surface area (Å²) in [6, 6.07) is 0.327. The molecule has 1 rings (SSSR count). The van der Waals surface area contributed by atoms with Gasteiger partial charge in [0.25, 0.3) is 0 Å². The van der Waals surface area contributed by atoms with Crippen molar-refractivity contribution in [1.29, 1.82) is 0 Å². The quantitative estimate of drug-likeness (QED) is 0.668. The van der Waals surface area contributed by atoms with Crippen molar-refractivity contribution < 1.29 is 9.90 Å². The van der Waals surface area contributed by atoms with E-state index in [1.807, 2.05) is 4.90 Å². The minimum absolute atomic E-state index is 0.0541. The Morgan fingerprint density at radius 1 is 1.60 bits per heavy atom. The normalized spacial score (nSPS) is 19.0. The average molecular weight is 210 g/mol. The number of rotatable bonds is 4. The maximum Gasteiger partial charge on any atom is 0.317 e. The largest absolute Gasteiger partial charge is 0.480 e. The van der Waals surface area contributed by atoms with Crippen LogP contribution in [0.25, 0.3) is 0 Å². The second-order valence-electron chi connectivity index (χ2n) is 4.04. The standard InChI is InChI=1S/C11H18N2O2/c1-3-6-13(9-11(14)15)10-4-7-12(2)8-5-10/h1,10H,4-9H2,2H3,(H,14,15). The molecule has 0 saturated carbocycles. The second-order valence-corrected chi connectivity index (χ2v) is 4.04. The molecule has 4 nitrogen and oxygen atoms in total. The number of likely N-dealkylation sites (tertiary alicyclic amines) is 1. The van der Waals surface area contributed by atoms with Crippen molar-refractivity contribution in [3.8, 4) is 12.3 Å². The van der Waals surface area contributed by atoms with E-state index in [0.29, 0.717) is 12.6 Å². The maximum absolute atomic E-state index is 10.7. The number of carboxylic acid groups (broad SMARTS) is 1. The fourth-order valence-corrected chi connectivity index (χ4v) is 1.97. The van der Waals surface area contributed by atoms with Gasteiger partial charge in [0.1, 0.15) is 0 Å². The van der Waals surface area contributed by atoms with Gasteiger partial charge in [-0.1, -0.05) is 5.92 Å². The highest BCUT2D eigenvalue weighted by molar-refractivity contribution is 5.69. The average Bonchev–Trinajstić information content (AvgIpc) is 2.17. The molecule has 0 unspecified atom stereocenters. The summed E-state index contributed by atoms with van der Waals surface area (Å²) in [7, 11) is 2.08. The van der Waals surface area contributed by atoms with Crippen LogP contribution >= 0.6 is 0 Å². The van der Waals surface area contributed by atoms with E-state index in [4.69, 9.17) is 11.5 Å². The van der Waals surface area contributed by atoms with E-state index in [2.05, 4.69) is 17.9 Å². The lowest BCUT2D eigenvalue weighted by molar-refractivity contribution is -0.139. The Hall–Kier alpha value is -1.05. The lowest BCUT2D eigenvalue weighted by Crippen LogP contribution is -2.45. The smallest absolute Gasteiger partial charge is 0.317 e. The summed E-state index contributed by atoms with van der Waals surface area (Å²) in [4.78, 5) is 14.8. The summed E-state index contributed by atoms with van der Waals surface area (Å²) in [5, 5.41) is 8.77. The molecule has 1 aliphatic heterocycles. The van der Waals surface area contributed by atoms with Crippen molar-refractivity contribution >= 4 is 5.97 Å². The second kappa shape index (κ2) is 5.74. The molecule has 1 N–H and O–H groups in total. The highest BCUT2D eigenvalue weighted by Crippen LogP contribution is 2.14. The Bertz CT molecular complexity index is 252. The van der Waals surface area contributed by atoms with Crippen LogP contribution in [0.5, 0.6) is 0 Å². The molecule has 0 atom stereocenters. The summed E-state index contributed by atoms with van der Waals surface area (Å²) in [5.41, 5.74) is 0. The predicted octanol–water partition coefficient (Wildman–Crippen LogP) is 0.100. The van der Waals surface area contributed by atoms with Crippen LogP contribution in [-0.4, -0.2) is 60.1 Å².